The van der Waals surface area contributed by atoms with E-state index in [1.165, 1.54) is 0 Å². The highest BCUT2D eigenvalue weighted by molar-refractivity contribution is 5.69. The molecule has 7 atom stereocenters. The van der Waals surface area contributed by atoms with Crippen molar-refractivity contribution < 1.29 is 28.9 Å². The molecule has 2 fully saturated rings. The van der Waals surface area contributed by atoms with Gasteiger partial charge in [0.2, 0.25) is 0 Å². The lowest BCUT2D eigenvalue weighted by molar-refractivity contribution is -0.202. The summed E-state index contributed by atoms with van der Waals surface area (Å²) >= 11 is 0. The molecule has 0 radical (unpaired) electrons. The normalized spacial score (nSPS) is 29.2. The second kappa shape index (κ2) is 15.0. The van der Waals surface area contributed by atoms with Gasteiger partial charge in [0, 0.05) is 6.61 Å². The molecule has 1 saturated heterocycles. The van der Waals surface area contributed by atoms with Crippen LogP contribution in [0.4, 0.5) is 4.39 Å². The van der Waals surface area contributed by atoms with Crippen LogP contribution in [0.3, 0.4) is 0 Å². The van der Waals surface area contributed by atoms with Crippen LogP contribution >= 0.6 is 0 Å². The van der Waals surface area contributed by atoms with Gasteiger partial charge in [0.1, 0.15) is 6.17 Å². The number of carboxylic acids is 1. The van der Waals surface area contributed by atoms with Crippen LogP contribution in [-0.4, -0.2) is 47.5 Å². The zero-order chi connectivity index (χ0) is 23.3. The maximum atomic E-state index is 15.0. The molecule has 1 aliphatic carbocycles. The summed E-state index contributed by atoms with van der Waals surface area (Å²) in [6.07, 6.45) is 12.9. The molecule has 1 heterocycles. The fourth-order valence-corrected chi connectivity index (χ4v) is 4.99. The van der Waals surface area contributed by atoms with Gasteiger partial charge in [-0.25, -0.2) is 4.39 Å². The first-order valence-corrected chi connectivity index (χ1v) is 12.9. The molecule has 0 aromatic heterocycles. The van der Waals surface area contributed by atoms with Crippen LogP contribution in [0.5, 0.6) is 0 Å². The Balaban J connectivity index is 1.84. The Morgan fingerprint density at radius 3 is 2.69 bits per heavy atom. The predicted octanol–water partition coefficient (Wildman–Crippen LogP) is 6.04. The third-order valence-electron chi connectivity index (χ3n) is 7.22. The molecule has 0 aromatic rings. The van der Waals surface area contributed by atoms with Gasteiger partial charge in [0.25, 0.3) is 0 Å². The summed E-state index contributed by atoms with van der Waals surface area (Å²) in [5.41, 5.74) is 0. The fourth-order valence-electron chi connectivity index (χ4n) is 4.99. The first-order valence-electron chi connectivity index (χ1n) is 12.9. The highest BCUT2D eigenvalue weighted by Gasteiger charge is 2.35. The molecule has 2 rings (SSSR count). The highest BCUT2D eigenvalue weighted by atomic mass is 19.1. The molecule has 1 aliphatic heterocycles. The molecule has 0 aromatic carbocycles. The minimum Gasteiger partial charge on any atom is -0.481 e. The number of carboxylic acid groups (broad SMARTS) is 1. The van der Waals surface area contributed by atoms with E-state index < -0.39 is 18.2 Å². The summed E-state index contributed by atoms with van der Waals surface area (Å²) in [5, 5.41) is 19.5. The van der Waals surface area contributed by atoms with Crippen LogP contribution in [-0.2, 0) is 14.3 Å². The van der Waals surface area contributed by atoms with Crippen LogP contribution in [0.25, 0.3) is 0 Å². The highest BCUT2D eigenvalue weighted by Crippen LogP contribution is 2.39. The van der Waals surface area contributed by atoms with E-state index in [0.717, 1.165) is 64.2 Å². The van der Waals surface area contributed by atoms with Crippen LogP contribution in [0.1, 0.15) is 97.3 Å². The summed E-state index contributed by atoms with van der Waals surface area (Å²) in [5.74, 6) is -0.547. The zero-order valence-corrected chi connectivity index (χ0v) is 20.1. The van der Waals surface area contributed by atoms with E-state index in [0.29, 0.717) is 31.8 Å². The van der Waals surface area contributed by atoms with Gasteiger partial charge in [-0.15, -0.1) is 0 Å². The molecule has 32 heavy (non-hydrogen) atoms. The number of hydrogen-bond acceptors (Lipinski definition) is 4. The van der Waals surface area contributed by atoms with E-state index in [9.17, 15) is 14.3 Å². The third-order valence-corrected chi connectivity index (χ3v) is 7.22. The number of halogens is 1. The van der Waals surface area contributed by atoms with Gasteiger partial charge in [0.15, 0.2) is 6.29 Å². The van der Waals surface area contributed by atoms with Crippen molar-refractivity contribution in [3.8, 4) is 0 Å². The van der Waals surface area contributed by atoms with Crippen LogP contribution in [0.2, 0.25) is 0 Å². The van der Waals surface area contributed by atoms with Crippen molar-refractivity contribution in [1.29, 1.82) is 0 Å². The Bertz CT molecular complexity index is 548. The number of unbranched alkanes of at least 4 members (excludes halogenated alkanes) is 1. The van der Waals surface area contributed by atoms with Gasteiger partial charge >= 0.3 is 5.97 Å². The quantitative estimate of drug-likeness (QED) is 0.294. The van der Waals surface area contributed by atoms with Gasteiger partial charge in [0.05, 0.1) is 18.1 Å². The maximum absolute atomic E-state index is 15.0. The maximum Gasteiger partial charge on any atom is 0.306 e. The Morgan fingerprint density at radius 2 is 2.00 bits per heavy atom. The van der Waals surface area contributed by atoms with E-state index in [1.54, 1.807) is 6.92 Å². The number of alkyl halides is 1. The largest absolute Gasteiger partial charge is 0.481 e. The molecule has 0 bridgehead atoms. The molecule has 1 saturated carbocycles. The minimum absolute atomic E-state index is 0.184. The molecule has 186 valence electrons. The molecule has 0 amide bonds. The zero-order valence-electron chi connectivity index (χ0n) is 20.1. The number of aliphatic hydroxyl groups is 1. The number of ether oxygens (including phenoxy) is 2. The van der Waals surface area contributed by atoms with E-state index >= 15 is 0 Å². The lowest BCUT2D eigenvalue weighted by Gasteiger charge is -2.31. The number of aliphatic carboxylic acids is 1. The Morgan fingerprint density at radius 1 is 1.19 bits per heavy atom. The van der Waals surface area contributed by atoms with Crippen molar-refractivity contribution >= 4 is 5.97 Å². The molecule has 5 nitrogen and oxygen atoms in total. The molecule has 2 aliphatic rings. The Kier molecular flexibility index (Phi) is 12.8. The minimum atomic E-state index is -0.971. The van der Waals surface area contributed by atoms with Gasteiger partial charge < -0.3 is 19.7 Å². The SMILES string of the molecule is CCCC[C@@H](F)[C@@H](CC[C@H]1CC[C@H](O)[C@@H]1C/C=C\CCC(C)C(=O)O)OC1CCCCO1. The van der Waals surface area contributed by atoms with Gasteiger partial charge in [-0.2, -0.15) is 0 Å². The van der Waals surface area contributed by atoms with Crippen molar-refractivity contribution in [2.45, 2.75) is 122 Å². The van der Waals surface area contributed by atoms with Crippen LogP contribution in [0.15, 0.2) is 12.2 Å². The average molecular weight is 457 g/mol. The van der Waals surface area contributed by atoms with Crippen molar-refractivity contribution in [2.75, 3.05) is 6.61 Å². The van der Waals surface area contributed by atoms with E-state index in [2.05, 4.69) is 13.0 Å². The first-order chi connectivity index (χ1) is 15.4. The van der Waals surface area contributed by atoms with Crippen molar-refractivity contribution in [1.82, 2.24) is 0 Å². The van der Waals surface area contributed by atoms with E-state index in [1.807, 2.05) is 6.08 Å². The second-order valence-corrected chi connectivity index (χ2v) is 9.80. The fraction of sp³-hybridized carbons (Fsp3) is 0.885. The van der Waals surface area contributed by atoms with Crippen LogP contribution in [0, 0.1) is 17.8 Å². The number of carbonyl (C=O) groups is 1. The van der Waals surface area contributed by atoms with E-state index in [4.69, 9.17) is 14.6 Å². The smallest absolute Gasteiger partial charge is 0.306 e. The molecular formula is C26H45FO5. The summed E-state index contributed by atoms with van der Waals surface area (Å²) in [6.45, 7) is 4.49. The van der Waals surface area contributed by atoms with Crippen molar-refractivity contribution in [2.24, 2.45) is 17.8 Å². The second-order valence-electron chi connectivity index (χ2n) is 9.80. The number of allylic oxidation sites excluding steroid dienone is 2. The summed E-state index contributed by atoms with van der Waals surface area (Å²) in [6, 6.07) is 0. The van der Waals surface area contributed by atoms with Crippen molar-refractivity contribution in [3.63, 3.8) is 0 Å². The number of rotatable bonds is 15. The Labute approximate surface area is 193 Å². The molecule has 0 spiro atoms. The topological polar surface area (TPSA) is 76.0 Å². The summed E-state index contributed by atoms with van der Waals surface area (Å²) < 4.78 is 26.8. The molecule has 6 heteroatoms. The van der Waals surface area contributed by atoms with Gasteiger partial charge in [-0.1, -0.05) is 38.8 Å². The predicted molar refractivity (Wildman–Crippen MR) is 124 cm³/mol. The number of hydrogen-bond donors (Lipinski definition) is 2. The lowest BCUT2D eigenvalue weighted by atomic mass is 9.86. The Hall–Kier alpha value is -0.980. The lowest BCUT2D eigenvalue weighted by Crippen LogP contribution is -2.34. The van der Waals surface area contributed by atoms with Crippen molar-refractivity contribution in [3.05, 3.63) is 12.2 Å². The monoisotopic (exact) mass is 456 g/mol. The molecular weight excluding hydrogens is 411 g/mol. The van der Waals surface area contributed by atoms with Gasteiger partial charge in [-0.05, 0) is 82.5 Å². The molecule has 2 N–H and O–H groups in total. The van der Waals surface area contributed by atoms with Gasteiger partial charge in [-0.3, -0.25) is 4.79 Å². The van der Waals surface area contributed by atoms with E-state index in [-0.39, 0.29) is 24.2 Å². The summed E-state index contributed by atoms with van der Waals surface area (Å²) in [4.78, 5) is 10.9. The third kappa shape index (κ3) is 9.48. The summed E-state index contributed by atoms with van der Waals surface area (Å²) in [7, 11) is 0. The average Bonchev–Trinajstić information content (AvgIpc) is 3.14. The number of aliphatic hydroxyl groups excluding tert-OH is 1. The first kappa shape index (κ1) is 27.3. The molecule has 2 unspecified atom stereocenters. The van der Waals surface area contributed by atoms with Crippen LogP contribution < -0.4 is 0 Å². The standard InChI is InChI=1S/C26H45FO5/c1-3-4-12-22(27)24(32-25-13-8-9-18-31-25)17-15-20-14-16-23(28)21(20)11-7-5-6-10-19(2)26(29)30/h5,7,19-25,28H,3-4,6,8-18H2,1-2H3,(H,29,30)/b7-5-/t19?,20-,21-,22-,23+,24-,25?/m1/s1.